The fraction of sp³-hybridized carbons (Fsp3) is 0.316. The smallest absolute Gasteiger partial charge is 0.241 e. The summed E-state index contributed by atoms with van der Waals surface area (Å²) < 4.78 is 28.1. The zero-order valence-corrected chi connectivity index (χ0v) is 17.7. The molecule has 0 fully saturated rings. The highest BCUT2D eigenvalue weighted by Gasteiger charge is 2.21. The second-order valence-corrected chi connectivity index (χ2v) is 11.0. The van der Waals surface area contributed by atoms with Crippen molar-refractivity contribution in [3.8, 4) is 10.6 Å². The summed E-state index contributed by atoms with van der Waals surface area (Å²) in [6, 6.07) is 9.51. The first kappa shape index (κ1) is 19.2. The molecule has 0 saturated heterocycles. The topological polar surface area (TPSA) is 59.1 Å². The Balaban J connectivity index is 1.75. The molecule has 2 heterocycles. The molecule has 0 bridgehead atoms. The van der Waals surface area contributed by atoms with Gasteiger partial charge in [0.15, 0.2) is 0 Å². The molecule has 3 rings (SSSR count). The lowest BCUT2D eigenvalue weighted by atomic mass is 9.93. The number of thiazole rings is 1. The zero-order chi connectivity index (χ0) is 18.9. The minimum absolute atomic E-state index is 0.0186. The first-order valence-corrected chi connectivity index (χ1v) is 11.5. The van der Waals surface area contributed by atoms with E-state index in [1.807, 2.05) is 41.9 Å². The van der Waals surface area contributed by atoms with Crippen molar-refractivity contribution in [1.82, 2.24) is 9.71 Å². The quantitative estimate of drug-likeness (QED) is 0.652. The Hall–Kier alpha value is -1.54. The summed E-state index contributed by atoms with van der Waals surface area (Å²) in [5.74, 6) is 0. The van der Waals surface area contributed by atoms with Crippen LogP contribution in [0.3, 0.4) is 0 Å². The zero-order valence-electron chi connectivity index (χ0n) is 15.2. The average Bonchev–Trinajstić information content (AvgIpc) is 3.23. The van der Waals surface area contributed by atoms with Gasteiger partial charge in [-0.3, -0.25) is 0 Å². The number of aromatic nitrogens is 1. The van der Waals surface area contributed by atoms with Crippen LogP contribution in [0.4, 0.5) is 0 Å². The van der Waals surface area contributed by atoms with Crippen LogP contribution < -0.4 is 4.72 Å². The van der Waals surface area contributed by atoms with Crippen molar-refractivity contribution in [3.05, 3.63) is 57.9 Å². The van der Waals surface area contributed by atoms with E-state index >= 15 is 0 Å². The van der Waals surface area contributed by atoms with Crippen molar-refractivity contribution in [2.75, 3.05) is 0 Å². The van der Waals surface area contributed by atoms with E-state index in [4.69, 9.17) is 0 Å². The Morgan fingerprint density at radius 2 is 1.77 bits per heavy atom. The van der Waals surface area contributed by atoms with Gasteiger partial charge in [-0.15, -0.1) is 22.7 Å². The molecule has 0 atom stereocenters. The van der Waals surface area contributed by atoms with Gasteiger partial charge in [-0.2, -0.15) is 0 Å². The van der Waals surface area contributed by atoms with Crippen molar-refractivity contribution >= 4 is 32.7 Å². The molecule has 0 aliphatic heterocycles. The van der Waals surface area contributed by atoms with E-state index in [9.17, 15) is 8.42 Å². The van der Waals surface area contributed by atoms with Crippen molar-refractivity contribution in [2.24, 2.45) is 0 Å². The first-order chi connectivity index (χ1) is 12.1. The fourth-order valence-corrected chi connectivity index (χ4v) is 5.61. The third-order valence-electron chi connectivity index (χ3n) is 3.95. The van der Waals surface area contributed by atoms with E-state index in [2.05, 4.69) is 30.5 Å². The van der Waals surface area contributed by atoms with E-state index < -0.39 is 10.0 Å². The van der Waals surface area contributed by atoms with Gasteiger partial charge in [-0.05, 0) is 18.6 Å². The van der Waals surface area contributed by atoms with Crippen LogP contribution in [0.1, 0.15) is 37.6 Å². The van der Waals surface area contributed by atoms with Crippen molar-refractivity contribution in [2.45, 2.75) is 43.9 Å². The molecule has 2 aromatic heterocycles. The Kier molecular flexibility index (Phi) is 5.35. The van der Waals surface area contributed by atoms with E-state index in [0.717, 1.165) is 27.4 Å². The largest absolute Gasteiger partial charge is 0.250 e. The highest BCUT2D eigenvalue weighted by atomic mass is 32.2. The van der Waals surface area contributed by atoms with Crippen LogP contribution >= 0.6 is 22.7 Å². The molecule has 0 saturated carbocycles. The standard InChI is InChI=1S/C19H22N2O2S3/c1-13-5-7-14(8-6-13)10-20-26(22,23)17-9-15(11-24-17)18-21-16(12-25-18)19(2,3)4/h5-9,11-12,20H,10H2,1-4H3. The van der Waals surface area contributed by atoms with Gasteiger partial charge < -0.3 is 0 Å². The van der Waals surface area contributed by atoms with Gasteiger partial charge in [-0.1, -0.05) is 50.6 Å². The number of aryl methyl sites for hydroxylation is 1. The summed E-state index contributed by atoms with van der Waals surface area (Å²) in [7, 11) is -3.53. The van der Waals surface area contributed by atoms with Gasteiger partial charge in [0.25, 0.3) is 0 Å². The van der Waals surface area contributed by atoms with E-state index in [1.54, 1.807) is 17.4 Å². The maximum atomic E-state index is 12.6. The predicted octanol–water partition coefficient (Wildman–Crippen LogP) is 4.96. The summed E-state index contributed by atoms with van der Waals surface area (Å²) in [4.78, 5) is 4.66. The number of hydrogen-bond acceptors (Lipinski definition) is 5. The number of nitrogens with zero attached hydrogens (tertiary/aromatic N) is 1. The third-order valence-corrected chi connectivity index (χ3v) is 7.68. The molecule has 0 aliphatic carbocycles. The van der Waals surface area contributed by atoms with Gasteiger partial charge in [0.05, 0.1) is 5.69 Å². The van der Waals surface area contributed by atoms with E-state index in [1.165, 1.54) is 11.3 Å². The second kappa shape index (κ2) is 7.23. The SMILES string of the molecule is Cc1ccc(CNS(=O)(=O)c2cc(-c3nc(C(C)(C)C)cs3)cs2)cc1. The maximum absolute atomic E-state index is 12.6. The highest BCUT2D eigenvalue weighted by Crippen LogP contribution is 2.33. The van der Waals surface area contributed by atoms with Crippen LogP contribution in [0.25, 0.3) is 10.6 Å². The summed E-state index contributed by atoms with van der Waals surface area (Å²) in [5, 5.41) is 4.74. The van der Waals surface area contributed by atoms with Crippen LogP contribution in [0.15, 0.2) is 45.3 Å². The Bertz CT molecular complexity index is 994. The van der Waals surface area contributed by atoms with Gasteiger partial charge in [0, 0.05) is 28.3 Å². The predicted molar refractivity (Wildman–Crippen MR) is 109 cm³/mol. The van der Waals surface area contributed by atoms with Crippen LogP contribution in [0.2, 0.25) is 0 Å². The van der Waals surface area contributed by atoms with Crippen molar-refractivity contribution in [1.29, 1.82) is 0 Å². The lowest BCUT2D eigenvalue weighted by molar-refractivity contribution is 0.573. The van der Waals surface area contributed by atoms with Crippen LogP contribution in [-0.4, -0.2) is 13.4 Å². The first-order valence-electron chi connectivity index (χ1n) is 8.25. The molecular weight excluding hydrogens is 384 g/mol. The number of benzene rings is 1. The van der Waals surface area contributed by atoms with Crippen molar-refractivity contribution in [3.63, 3.8) is 0 Å². The third kappa shape index (κ3) is 4.40. The lowest BCUT2D eigenvalue weighted by Gasteiger charge is -2.14. The molecule has 26 heavy (non-hydrogen) atoms. The molecule has 7 heteroatoms. The summed E-state index contributed by atoms with van der Waals surface area (Å²) >= 11 is 2.77. The molecule has 4 nitrogen and oxygen atoms in total. The molecule has 0 unspecified atom stereocenters. The molecule has 138 valence electrons. The number of rotatable bonds is 5. The monoisotopic (exact) mass is 406 g/mol. The van der Waals surface area contributed by atoms with Crippen LogP contribution in [0.5, 0.6) is 0 Å². The number of thiophene rings is 1. The summed E-state index contributed by atoms with van der Waals surface area (Å²) in [6.45, 7) is 8.63. The molecule has 0 amide bonds. The minimum Gasteiger partial charge on any atom is -0.241 e. The molecular formula is C19H22N2O2S3. The average molecular weight is 407 g/mol. The van der Waals surface area contributed by atoms with Gasteiger partial charge in [-0.25, -0.2) is 18.1 Å². The molecule has 0 spiro atoms. The maximum Gasteiger partial charge on any atom is 0.250 e. The minimum atomic E-state index is -3.53. The van der Waals surface area contributed by atoms with Gasteiger partial charge in [0.2, 0.25) is 10.0 Å². The number of nitrogens with one attached hydrogen (secondary N) is 1. The highest BCUT2D eigenvalue weighted by molar-refractivity contribution is 7.91. The lowest BCUT2D eigenvalue weighted by Crippen LogP contribution is -2.22. The van der Waals surface area contributed by atoms with Gasteiger partial charge in [0.1, 0.15) is 9.22 Å². The molecule has 0 aliphatic rings. The van der Waals surface area contributed by atoms with Gasteiger partial charge >= 0.3 is 0 Å². The number of hydrogen-bond donors (Lipinski definition) is 1. The molecule has 3 aromatic rings. The molecule has 0 radical (unpaired) electrons. The second-order valence-electron chi connectivity index (χ2n) is 7.25. The van der Waals surface area contributed by atoms with E-state index in [-0.39, 0.29) is 12.0 Å². The number of sulfonamides is 1. The molecule has 1 N–H and O–H groups in total. The van der Waals surface area contributed by atoms with Crippen LogP contribution in [-0.2, 0) is 22.0 Å². The Morgan fingerprint density at radius 3 is 2.38 bits per heavy atom. The summed E-state index contributed by atoms with van der Waals surface area (Å²) in [6.07, 6.45) is 0. The fourth-order valence-electron chi connectivity index (χ4n) is 2.28. The Labute approximate surface area is 163 Å². The van der Waals surface area contributed by atoms with Crippen LogP contribution in [0, 0.1) is 6.92 Å². The summed E-state index contributed by atoms with van der Waals surface area (Å²) in [5.41, 5.74) is 3.94. The Morgan fingerprint density at radius 1 is 1.08 bits per heavy atom. The normalized spacial score (nSPS) is 12.5. The van der Waals surface area contributed by atoms with Crippen molar-refractivity contribution < 1.29 is 8.42 Å². The van der Waals surface area contributed by atoms with E-state index in [0.29, 0.717) is 4.21 Å². The molecule has 1 aromatic carbocycles.